The van der Waals surface area contributed by atoms with Crippen LogP contribution in [0.5, 0.6) is 5.75 Å². The van der Waals surface area contributed by atoms with Gasteiger partial charge in [0.2, 0.25) is 0 Å². The molecule has 5 nitrogen and oxygen atoms in total. The number of ether oxygens (including phenoxy) is 1. The molecule has 1 saturated carbocycles. The summed E-state index contributed by atoms with van der Waals surface area (Å²) in [6.45, 7) is 0. The van der Waals surface area contributed by atoms with Gasteiger partial charge in [-0.25, -0.2) is 0 Å². The van der Waals surface area contributed by atoms with Crippen molar-refractivity contribution in [1.29, 1.82) is 0 Å². The number of hydrogen-bond acceptors (Lipinski definition) is 3. The second kappa shape index (κ2) is 5.99. The first-order valence-electron chi connectivity index (χ1n) is 7.27. The van der Waals surface area contributed by atoms with Gasteiger partial charge in [-0.3, -0.25) is 9.89 Å². The average Bonchev–Trinajstić information content (AvgIpc) is 3.17. The molecule has 0 unspecified atom stereocenters. The molecule has 0 bridgehead atoms. The highest BCUT2D eigenvalue weighted by atomic mass is 16.5. The quantitative estimate of drug-likeness (QED) is 0.905. The maximum atomic E-state index is 12.3. The van der Waals surface area contributed by atoms with E-state index in [0.29, 0.717) is 23.0 Å². The number of aromatic amines is 1. The maximum Gasteiger partial charge on any atom is 0.260 e. The molecule has 1 aromatic heterocycles. The lowest BCUT2D eigenvalue weighted by Gasteiger charge is -2.07. The molecule has 1 aromatic carbocycles. The molecule has 5 heteroatoms. The van der Waals surface area contributed by atoms with Crippen LogP contribution in [0.1, 0.15) is 47.7 Å². The molecular formula is C16H19N3O2. The first kappa shape index (κ1) is 13.7. The van der Waals surface area contributed by atoms with Crippen molar-refractivity contribution in [3.05, 3.63) is 41.6 Å². The number of carbonyl (C=O) groups excluding carboxylic acids is 1. The fraction of sp³-hybridized carbons (Fsp3) is 0.375. The van der Waals surface area contributed by atoms with Crippen LogP contribution in [0, 0.1) is 0 Å². The largest absolute Gasteiger partial charge is 0.496 e. The molecule has 1 aliphatic rings. The monoisotopic (exact) mass is 285 g/mol. The summed E-state index contributed by atoms with van der Waals surface area (Å²) >= 11 is 0. The van der Waals surface area contributed by atoms with Gasteiger partial charge >= 0.3 is 0 Å². The van der Waals surface area contributed by atoms with Crippen LogP contribution in [0.2, 0.25) is 0 Å². The van der Waals surface area contributed by atoms with E-state index >= 15 is 0 Å². The second-order valence-corrected chi connectivity index (χ2v) is 5.34. The van der Waals surface area contributed by atoms with Crippen LogP contribution in [0.15, 0.2) is 30.3 Å². The van der Waals surface area contributed by atoms with E-state index in [-0.39, 0.29) is 5.91 Å². The number of benzene rings is 1. The fourth-order valence-corrected chi connectivity index (χ4v) is 2.86. The van der Waals surface area contributed by atoms with Gasteiger partial charge in [-0.15, -0.1) is 0 Å². The van der Waals surface area contributed by atoms with Gasteiger partial charge in [-0.1, -0.05) is 25.0 Å². The molecule has 110 valence electrons. The number of amides is 1. The molecule has 3 rings (SSSR count). The predicted octanol–water partition coefficient (Wildman–Crippen LogP) is 3.33. The number of carbonyl (C=O) groups is 1. The summed E-state index contributed by atoms with van der Waals surface area (Å²) in [6, 6.07) is 9.08. The lowest BCUT2D eigenvalue weighted by molar-refractivity contribution is 0.102. The molecule has 1 fully saturated rings. The number of para-hydroxylation sites is 1. The summed E-state index contributed by atoms with van der Waals surface area (Å²) < 4.78 is 5.20. The molecule has 0 aliphatic heterocycles. The van der Waals surface area contributed by atoms with Crippen LogP contribution < -0.4 is 10.1 Å². The number of nitrogens with zero attached hydrogens (tertiary/aromatic N) is 1. The minimum absolute atomic E-state index is 0.211. The van der Waals surface area contributed by atoms with Crippen molar-refractivity contribution in [1.82, 2.24) is 10.2 Å². The molecule has 1 amide bonds. The van der Waals surface area contributed by atoms with E-state index in [1.54, 1.807) is 19.2 Å². The maximum absolute atomic E-state index is 12.3. The van der Waals surface area contributed by atoms with Crippen molar-refractivity contribution in [3.8, 4) is 5.75 Å². The Labute approximate surface area is 123 Å². The normalized spacial score (nSPS) is 15.1. The average molecular weight is 285 g/mol. The van der Waals surface area contributed by atoms with Gasteiger partial charge in [-0.05, 0) is 25.0 Å². The van der Waals surface area contributed by atoms with E-state index in [1.165, 1.54) is 25.7 Å². The zero-order valence-electron chi connectivity index (χ0n) is 12.1. The van der Waals surface area contributed by atoms with Crippen LogP contribution in [-0.4, -0.2) is 23.2 Å². The number of aromatic nitrogens is 2. The minimum atomic E-state index is -0.211. The van der Waals surface area contributed by atoms with Crippen LogP contribution in [0.3, 0.4) is 0 Å². The number of nitrogens with one attached hydrogen (secondary N) is 2. The van der Waals surface area contributed by atoms with Crippen molar-refractivity contribution in [2.45, 2.75) is 31.6 Å². The Balaban J connectivity index is 1.72. The first-order chi connectivity index (χ1) is 10.3. The third-order valence-corrected chi connectivity index (χ3v) is 3.99. The number of rotatable bonds is 4. The molecule has 0 saturated heterocycles. The van der Waals surface area contributed by atoms with Crippen LogP contribution in [0.4, 0.5) is 5.82 Å². The van der Waals surface area contributed by atoms with Crippen molar-refractivity contribution < 1.29 is 9.53 Å². The topological polar surface area (TPSA) is 67.0 Å². The Morgan fingerprint density at radius 1 is 1.33 bits per heavy atom. The van der Waals surface area contributed by atoms with Crippen LogP contribution >= 0.6 is 0 Å². The van der Waals surface area contributed by atoms with Gasteiger partial charge in [0, 0.05) is 17.7 Å². The zero-order chi connectivity index (χ0) is 14.7. The third-order valence-electron chi connectivity index (χ3n) is 3.99. The molecule has 0 atom stereocenters. The third kappa shape index (κ3) is 2.91. The Hall–Kier alpha value is -2.30. The number of H-pyrrole nitrogens is 1. The Morgan fingerprint density at radius 3 is 2.86 bits per heavy atom. The van der Waals surface area contributed by atoms with Gasteiger partial charge < -0.3 is 10.1 Å². The molecule has 0 radical (unpaired) electrons. The van der Waals surface area contributed by atoms with Gasteiger partial charge in [-0.2, -0.15) is 5.10 Å². The number of hydrogen-bond donors (Lipinski definition) is 2. The van der Waals surface area contributed by atoms with Gasteiger partial charge in [0.05, 0.1) is 12.7 Å². The Kier molecular flexibility index (Phi) is 3.90. The first-order valence-corrected chi connectivity index (χ1v) is 7.27. The summed E-state index contributed by atoms with van der Waals surface area (Å²) in [4.78, 5) is 12.3. The smallest absolute Gasteiger partial charge is 0.260 e. The zero-order valence-corrected chi connectivity index (χ0v) is 12.1. The van der Waals surface area contributed by atoms with E-state index in [2.05, 4.69) is 15.5 Å². The lowest BCUT2D eigenvalue weighted by Crippen LogP contribution is -2.13. The van der Waals surface area contributed by atoms with E-state index < -0.39 is 0 Å². The molecular weight excluding hydrogens is 266 g/mol. The Morgan fingerprint density at radius 2 is 2.10 bits per heavy atom. The van der Waals surface area contributed by atoms with Gasteiger partial charge in [0.15, 0.2) is 5.82 Å². The molecule has 0 spiro atoms. The van der Waals surface area contributed by atoms with Crippen molar-refractivity contribution in [3.63, 3.8) is 0 Å². The van der Waals surface area contributed by atoms with E-state index in [4.69, 9.17) is 4.74 Å². The highest BCUT2D eigenvalue weighted by molar-refractivity contribution is 6.05. The standard InChI is InChI=1S/C16H19N3O2/c1-21-14-9-5-4-8-12(14)16(20)17-15-10-13(18-19-15)11-6-2-3-7-11/h4-5,8-11H,2-3,6-7H2,1H3,(H2,17,18,19,20). The molecule has 21 heavy (non-hydrogen) atoms. The molecule has 2 aromatic rings. The molecule has 1 aliphatic carbocycles. The Bertz CT molecular complexity index is 630. The van der Waals surface area contributed by atoms with Gasteiger partial charge in [0.25, 0.3) is 5.91 Å². The van der Waals surface area contributed by atoms with E-state index in [1.807, 2.05) is 18.2 Å². The second-order valence-electron chi connectivity index (χ2n) is 5.34. The van der Waals surface area contributed by atoms with Crippen LogP contribution in [-0.2, 0) is 0 Å². The molecule has 1 heterocycles. The van der Waals surface area contributed by atoms with E-state index in [0.717, 1.165) is 5.69 Å². The van der Waals surface area contributed by atoms with Crippen molar-refractivity contribution in [2.75, 3.05) is 12.4 Å². The van der Waals surface area contributed by atoms with Crippen molar-refractivity contribution in [2.24, 2.45) is 0 Å². The number of anilines is 1. The summed E-state index contributed by atoms with van der Waals surface area (Å²) in [5.41, 5.74) is 1.62. The van der Waals surface area contributed by atoms with E-state index in [9.17, 15) is 4.79 Å². The molecule has 2 N–H and O–H groups in total. The minimum Gasteiger partial charge on any atom is -0.496 e. The van der Waals surface area contributed by atoms with Crippen molar-refractivity contribution >= 4 is 11.7 Å². The summed E-state index contributed by atoms with van der Waals surface area (Å²) in [6.07, 6.45) is 4.93. The van der Waals surface area contributed by atoms with Crippen LogP contribution in [0.25, 0.3) is 0 Å². The summed E-state index contributed by atoms with van der Waals surface area (Å²) in [7, 11) is 1.55. The number of methoxy groups -OCH3 is 1. The fourth-order valence-electron chi connectivity index (χ4n) is 2.86. The SMILES string of the molecule is COc1ccccc1C(=O)Nc1cc(C2CCCC2)[nH]n1. The predicted molar refractivity (Wildman–Crippen MR) is 80.7 cm³/mol. The lowest BCUT2D eigenvalue weighted by atomic mass is 10.0. The van der Waals surface area contributed by atoms with Gasteiger partial charge in [0.1, 0.15) is 5.75 Å². The highest BCUT2D eigenvalue weighted by Gasteiger charge is 2.20. The highest BCUT2D eigenvalue weighted by Crippen LogP contribution is 2.33. The summed E-state index contributed by atoms with van der Waals surface area (Å²) in [5.74, 6) is 1.46. The summed E-state index contributed by atoms with van der Waals surface area (Å²) in [5, 5.41) is 10.0.